The molecule has 134 valence electrons. The predicted octanol–water partition coefficient (Wildman–Crippen LogP) is 3.73. The molecule has 0 unspecified atom stereocenters. The molecule has 3 heterocycles. The minimum Gasteiger partial charge on any atom is -0.356 e. The van der Waals surface area contributed by atoms with Crippen LogP contribution in [0, 0.1) is 6.92 Å². The molecule has 3 aromatic rings. The van der Waals surface area contributed by atoms with Crippen LogP contribution in [0.4, 0.5) is 10.9 Å². The summed E-state index contributed by atoms with van der Waals surface area (Å²) in [4.78, 5) is 27.6. The summed E-state index contributed by atoms with van der Waals surface area (Å²) in [5, 5.41) is 4.34. The molecule has 4 rings (SSSR count). The van der Waals surface area contributed by atoms with E-state index in [9.17, 15) is 4.79 Å². The monoisotopic (exact) mass is 385 g/mol. The van der Waals surface area contributed by atoms with E-state index < -0.39 is 0 Å². The third-order valence-corrected chi connectivity index (χ3v) is 6.06. The van der Waals surface area contributed by atoms with Crippen LogP contribution in [0.5, 0.6) is 0 Å². The number of aromatic nitrogens is 3. The Morgan fingerprint density at radius 1 is 1.27 bits per heavy atom. The highest BCUT2D eigenvalue weighted by atomic mass is 32.2. The zero-order valence-electron chi connectivity index (χ0n) is 14.4. The first kappa shape index (κ1) is 17.2. The Bertz CT molecular complexity index is 936. The lowest BCUT2D eigenvalue weighted by Gasteiger charge is -2.16. The quantitative estimate of drug-likeness (QED) is 0.533. The molecule has 0 bridgehead atoms. The van der Waals surface area contributed by atoms with Gasteiger partial charge in [0.1, 0.15) is 17.2 Å². The Labute approximate surface area is 160 Å². The molecular formula is C18H19N5OS2. The van der Waals surface area contributed by atoms with E-state index in [-0.39, 0.29) is 5.91 Å². The average molecular weight is 386 g/mol. The molecule has 1 amide bonds. The van der Waals surface area contributed by atoms with E-state index in [0.717, 1.165) is 34.1 Å². The summed E-state index contributed by atoms with van der Waals surface area (Å²) >= 11 is 2.91. The van der Waals surface area contributed by atoms with Crippen LogP contribution in [-0.2, 0) is 4.79 Å². The molecule has 26 heavy (non-hydrogen) atoms. The maximum Gasteiger partial charge on any atom is 0.236 e. The van der Waals surface area contributed by atoms with E-state index in [1.54, 1.807) is 6.33 Å². The Balaban J connectivity index is 1.36. The van der Waals surface area contributed by atoms with Gasteiger partial charge < -0.3 is 10.2 Å². The smallest absolute Gasteiger partial charge is 0.236 e. The van der Waals surface area contributed by atoms with Crippen LogP contribution in [0.15, 0.2) is 35.6 Å². The van der Waals surface area contributed by atoms with E-state index in [1.165, 1.54) is 41.5 Å². The van der Waals surface area contributed by atoms with Crippen LogP contribution in [0.1, 0.15) is 18.4 Å². The molecule has 6 nitrogen and oxygen atoms in total. The number of hydrogen-bond acceptors (Lipinski definition) is 7. The van der Waals surface area contributed by atoms with E-state index in [1.807, 2.05) is 25.1 Å². The second kappa shape index (κ2) is 7.59. The molecular weight excluding hydrogens is 366 g/mol. The number of amides is 1. The molecule has 2 aromatic heterocycles. The Morgan fingerprint density at radius 2 is 2.12 bits per heavy atom. The Hall–Kier alpha value is -2.19. The molecule has 8 heteroatoms. The van der Waals surface area contributed by atoms with Crippen molar-refractivity contribution in [3.63, 3.8) is 0 Å². The minimum absolute atomic E-state index is 0.0767. The van der Waals surface area contributed by atoms with Crippen LogP contribution in [0.25, 0.3) is 10.2 Å². The van der Waals surface area contributed by atoms with Crippen molar-refractivity contribution >= 4 is 50.2 Å². The minimum atomic E-state index is -0.0767. The van der Waals surface area contributed by atoms with Crippen molar-refractivity contribution < 1.29 is 4.79 Å². The number of thioether (sulfide) groups is 1. The zero-order valence-corrected chi connectivity index (χ0v) is 16.1. The zero-order chi connectivity index (χ0) is 17.9. The van der Waals surface area contributed by atoms with Crippen molar-refractivity contribution in [3.05, 3.63) is 36.2 Å². The third kappa shape index (κ3) is 3.96. The molecule has 0 saturated carbocycles. The molecule has 1 saturated heterocycles. The van der Waals surface area contributed by atoms with Gasteiger partial charge in [-0.3, -0.25) is 4.79 Å². The van der Waals surface area contributed by atoms with Crippen LogP contribution in [0.2, 0.25) is 0 Å². The summed E-state index contributed by atoms with van der Waals surface area (Å²) in [6.07, 6.45) is 3.98. The van der Waals surface area contributed by atoms with Crippen molar-refractivity contribution in [2.45, 2.75) is 24.8 Å². The topological polar surface area (TPSA) is 71.0 Å². The lowest BCUT2D eigenvalue weighted by atomic mass is 10.2. The number of rotatable bonds is 5. The van der Waals surface area contributed by atoms with Crippen molar-refractivity contribution in [2.24, 2.45) is 0 Å². The van der Waals surface area contributed by atoms with Gasteiger partial charge in [-0.1, -0.05) is 29.2 Å². The Kier molecular flexibility index (Phi) is 5.03. The van der Waals surface area contributed by atoms with Crippen LogP contribution in [-0.4, -0.2) is 39.7 Å². The lowest BCUT2D eigenvalue weighted by Crippen LogP contribution is -2.19. The molecule has 1 N–H and O–H groups in total. The van der Waals surface area contributed by atoms with Gasteiger partial charge in [-0.15, -0.1) is 0 Å². The Morgan fingerprint density at radius 3 is 2.96 bits per heavy atom. The summed E-state index contributed by atoms with van der Waals surface area (Å²) in [6, 6.07) is 8.05. The number of anilines is 2. The largest absolute Gasteiger partial charge is 0.356 e. The van der Waals surface area contributed by atoms with Crippen molar-refractivity contribution in [1.29, 1.82) is 0 Å². The fourth-order valence-corrected chi connectivity index (χ4v) is 4.55. The van der Waals surface area contributed by atoms with Gasteiger partial charge in [-0.05, 0) is 37.5 Å². The van der Waals surface area contributed by atoms with Crippen molar-refractivity contribution in [1.82, 2.24) is 15.0 Å². The fraction of sp³-hybridized carbons (Fsp3) is 0.333. The molecule has 0 atom stereocenters. The van der Waals surface area contributed by atoms with Gasteiger partial charge in [-0.25, -0.2) is 15.0 Å². The van der Waals surface area contributed by atoms with Gasteiger partial charge in [0.05, 0.1) is 16.0 Å². The van der Waals surface area contributed by atoms with Gasteiger partial charge in [0.2, 0.25) is 5.91 Å². The van der Waals surface area contributed by atoms with E-state index in [2.05, 4.69) is 31.2 Å². The number of nitrogens with zero attached hydrogens (tertiary/aromatic N) is 4. The highest BCUT2D eigenvalue weighted by molar-refractivity contribution is 7.99. The molecule has 0 aliphatic carbocycles. The average Bonchev–Trinajstić information content (AvgIpc) is 3.29. The van der Waals surface area contributed by atoms with Gasteiger partial charge in [0.15, 0.2) is 5.13 Å². The van der Waals surface area contributed by atoms with Crippen molar-refractivity contribution in [3.8, 4) is 0 Å². The number of fused-ring (bicyclic) bond motifs is 1. The standard InChI is InChI=1S/C18H19N5OS2/c1-12-4-5-13-14(8-12)26-18(21-13)22-16(24)10-25-17-9-15(19-11-20-17)23-6-2-3-7-23/h4-5,8-9,11H,2-3,6-7,10H2,1H3,(H,21,22,24). The maximum absolute atomic E-state index is 12.3. The second-order valence-electron chi connectivity index (χ2n) is 6.24. The predicted molar refractivity (Wildman–Crippen MR) is 107 cm³/mol. The van der Waals surface area contributed by atoms with E-state index in [4.69, 9.17) is 0 Å². The SMILES string of the molecule is Cc1ccc2nc(NC(=O)CSc3cc(N4CCCC4)ncn3)sc2c1. The fourth-order valence-electron chi connectivity index (χ4n) is 2.91. The number of thiazole rings is 1. The number of nitrogens with one attached hydrogen (secondary N) is 1. The molecule has 1 aromatic carbocycles. The van der Waals surface area contributed by atoms with Crippen LogP contribution >= 0.6 is 23.1 Å². The third-order valence-electron chi connectivity index (χ3n) is 4.20. The summed E-state index contributed by atoms with van der Waals surface area (Å²) < 4.78 is 1.08. The molecule has 0 spiro atoms. The summed E-state index contributed by atoms with van der Waals surface area (Å²) in [5.74, 6) is 1.17. The number of carbonyl (C=O) groups excluding carboxylic acids is 1. The van der Waals surface area contributed by atoms with Gasteiger partial charge in [0, 0.05) is 19.2 Å². The highest BCUT2D eigenvalue weighted by Crippen LogP contribution is 2.27. The number of aryl methyl sites for hydroxylation is 1. The van der Waals surface area contributed by atoms with Gasteiger partial charge in [-0.2, -0.15) is 0 Å². The van der Waals surface area contributed by atoms with Crippen LogP contribution in [0.3, 0.4) is 0 Å². The molecule has 1 aliphatic rings. The first-order valence-corrected chi connectivity index (χ1v) is 10.3. The summed E-state index contributed by atoms with van der Waals surface area (Å²) in [5.41, 5.74) is 2.10. The van der Waals surface area contributed by atoms with Crippen LogP contribution < -0.4 is 10.2 Å². The lowest BCUT2D eigenvalue weighted by molar-refractivity contribution is -0.113. The number of benzene rings is 1. The summed E-state index contributed by atoms with van der Waals surface area (Å²) in [6.45, 7) is 4.13. The molecule has 1 fully saturated rings. The van der Waals surface area contributed by atoms with E-state index >= 15 is 0 Å². The maximum atomic E-state index is 12.3. The number of carbonyl (C=O) groups is 1. The number of hydrogen-bond donors (Lipinski definition) is 1. The van der Waals surface area contributed by atoms with Gasteiger partial charge >= 0.3 is 0 Å². The molecule has 0 radical (unpaired) electrons. The highest BCUT2D eigenvalue weighted by Gasteiger charge is 2.15. The molecule has 1 aliphatic heterocycles. The van der Waals surface area contributed by atoms with E-state index in [0.29, 0.717) is 10.9 Å². The van der Waals surface area contributed by atoms with Gasteiger partial charge in [0.25, 0.3) is 0 Å². The first-order valence-electron chi connectivity index (χ1n) is 8.54. The normalized spacial score (nSPS) is 14.1. The first-order chi connectivity index (χ1) is 12.7. The second-order valence-corrected chi connectivity index (χ2v) is 8.26. The summed E-state index contributed by atoms with van der Waals surface area (Å²) in [7, 11) is 0. The van der Waals surface area contributed by atoms with Crippen molar-refractivity contribution in [2.75, 3.05) is 29.1 Å².